The summed E-state index contributed by atoms with van der Waals surface area (Å²) in [4.78, 5) is 24.8. The summed E-state index contributed by atoms with van der Waals surface area (Å²) in [5.41, 5.74) is 0.289. The number of rotatable bonds is 4. The third-order valence-electron chi connectivity index (χ3n) is 3.76. The SMILES string of the molecule is O=C(O)CCC1CCCN(C(=O)c2ccc(Br)cc2O)C1. The van der Waals surface area contributed by atoms with Crippen LogP contribution in [0.15, 0.2) is 22.7 Å². The molecule has 1 amide bonds. The van der Waals surface area contributed by atoms with E-state index < -0.39 is 5.97 Å². The van der Waals surface area contributed by atoms with E-state index in [4.69, 9.17) is 5.11 Å². The molecule has 1 heterocycles. The minimum atomic E-state index is -0.802. The standard InChI is InChI=1S/C15H18BrNO4/c16-11-4-5-12(13(18)8-11)15(21)17-7-1-2-10(9-17)3-6-14(19)20/h4-5,8,10,18H,1-3,6-7,9H2,(H,19,20). The van der Waals surface area contributed by atoms with E-state index in [0.29, 0.717) is 19.5 Å². The highest BCUT2D eigenvalue weighted by molar-refractivity contribution is 9.10. The van der Waals surface area contributed by atoms with Crippen LogP contribution in [0.3, 0.4) is 0 Å². The second-order valence-corrected chi connectivity index (χ2v) is 6.27. The zero-order valence-corrected chi connectivity index (χ0v) is 13.2. The third kappa shape index (κ3) is 4.20. The molecule has 2 N–H and O–H groups in total. The Labute approximate surface area is 131 Å². The number of carbonyl (C=O) groups excluding carboxylic acids is 1. The summed E-state index contributed by atoms with van der Waals surface area (Å²) in [6.07, 6.45) is 2.54. The van der Waals surface area contributed by atoms with E-state index in [1.807, 2.05) is 0 Å². The van der Waals surface area contributed by atoms with Crippen molar-refractivity contribution >= 4 is 27.8 Å². The van der Waals surface area contributed by atoms with Crippen LogP contribution in [0.2, 0.25) is 0 Å². The van der Waals surface area contributed by atoms with Gasteiger partial charge in [-0.25, -0.2) is 0 Å². The number of hydrogen-bond acceptors (Lipinski definition) is 3. The van der Waals surface area contributed by atoms with Gasteiger partial charge in [0.15, 0.2) is 0 Å². The van der Waals surface area contributed by atoms with Crippen LogP contribution < -0.4 is 0 Å². The van der Waals surface area contributed by atoms with Crippen molar-refractivity contribution in [2.75, 3.05) is 13.1 Å². The van der Waals surface area contributed by atoms with Crippen molar-refractivity contribution in [1.82, 2.24) is 4.90 Å². The summed E-state index contributed by atoms with van der Waals surface area (Å²) in [7, 11) is 0. The highest BCUT2D eigenvalue weighted by Gasteiger charge is 2.26. The molecule has 1 aromatic carbocycles. The molecule has 0 saturated carbocycles. The van der Waals surface area contributed by atoms with Gasteiger partial charge in [-0.15, -0.1) is 0 Å². The lowest BCUT2D eigenvalue weighted by molar-refractivity contribution is -0.137. The Bertz CT molecular complexity index is 546. The lowest BCUT2D eigenvalue weighted by Gasteiger charge is -2.32. The molecule has 1 fully saturated rings. The van der Waals surface area contributed by atoms with E-state index in [2.05, 4.69) is 15.9 Å². The minimum absolute atomic E-state index is 0.0398. The summed E-state index contributed by atoms with van der Waals surface area (Å²) in [6.45, 7) is 1.21. The first kappa shape index (κ1) is 15.8. The number of carbonyl (C=O) groups is 2. The van der Waals surface area contributed by atoms with Crippen LogP contribution in [-0.4, -0.2) is 40.1 Å². The largest absolute Gasteiger partial charge is 0.507 e. The molecule has 2 rings (SSSR count). The molecule has 1 aromatic rings. The Kier molecular flexibility index (Phi) is 5.22. The number of aliphatic carboxylic acids is 1. The normalized spacial score (nSPS) is 18.5. The zero-order chi connectivity index (χ0) is 15.4. The summed E-state index contributed by atoms with van der Waals surface area (Å²) in [5.74, 6) is -0.817. The lowest BCUT2D eigenvalue weighted by Crippen LogP contribution is -2.40. The minimum Gasteiger partial charge on any atom is -0.507 e. The van der Waals surface area contributed by atoms with Gasteiger partial charge in [-0.2, -0.15) is 0 Å². The monoisotopic (exact) mass is 355 g/mol. The van der Waals surface area contributed by atoms with Gasteiger partial charge in [0.25, 0.3) is 5.91 Å². The van der Waals surface area contributed by atoms with E-state index in [1.54, 1.807) is 17.0 Å². The van der Waals surface area contributed by atoms with Crippen molar-refractivity contribution in [1.29, 1.82) is 0 Å². The smallest absolute Gasteiger partial charge is 0.303 e. The Morgan fingerprint density at radius 1 is 1.38 bits per heavy atom. The van der Waals surface area contributed by atoms with Gasteiger partial charge in [-0.05, 0) is 43.4 Å². The van der Waals surface area contributed by atoms with E-state index in [1.165, 1.54) is 6.07 Å². The van der Waals surface area contributed by atoms with Crippen LogP contribution in [0.4, 0.5) is 0 Å². The summed E-state index contributed by atoms with van der Waals surface area (Å²) >= 11 is 3.24. The Morgan fingerprint density at radius 3 is 2.81 bits per heavy atom. The Hall–Kier alpha value is -1.56. The van der Waals surface area contributed by atoms with Crippen LogP contribution in [0.1, 0.15) is 36.0 Å². The molecular weight excluding hydrogens is 338 g/mol. The van der Waals surface area contributed by atoms with Crippen molar-refractivity contribution in [2.24, 2.45) is 5.92 Å². The van der Waals surface area contributed by atoms with Crippen molar-refractivity contribution in [3.63, 3.8) is 0 Å². The molecule has 1 unspecified atom stereocenters. The third-order valence-corrected chi connectivity index (χ3v) is 4.26. The molecule has 1 aliphatic rings. The molecule has 1 atom stereocenters. The van der Waals surface area contributed by atoms with E-state index >= 15 is 0 Å². The molecule has 0 radical (unpaired) electrons. The molecule has 114 valence electrons. The molecule has 5 nitrogen and oxygen atoms in total. The van der Waals surface area contributed by atoms with Crippen LogP contribution in [0.25, 0.3) is 0 Å². The van der Waals surface area contributed by atoms with Gasteiger partial charge in [-0.3, -0.25) is 9.59 Å². The van der Waals surface area contributed by atoms with Crippen LogP contribution in [0.5, 0.6) is 5.75 Å². The molecular formula is C15H18BrNO4. The maximum absolute atomic E-state index is 12.4. The molecule has 6 heteroatoms. The lowest BCUT2D eigenvalue weighted by atomic mass is 9.93. The second kappa shape index (κ2) is 6.93. The van der Waals surface area contributed by atoms with Gasteiger partial charge in [-0.1, -0.05) is 15.9 Å². The fraction of sp³-hybridized carbons (Fsp3) is 0.467. The topological polar surface area (TPSA) is 77.8 Å². The van der Waals surface area contributed by atoms with Crippen molar-refractivity contribution < 1.29 is 19.8 Å². The van der Waals surface area contributed by atoms with Gasteiger partial charge < -0.3 is 15.1 Å². The number of hydrogen-bond donors (Lipinski definition) is 2. The Balaban J connectivity index is 2.03. The number of carboxylic acid groups (broad SMARTS) is 1. The summed E-state index contributed by atoms with van der Waals surface area (Å²) < 4.78 is 0.717. The first-order valence-corrected chi connectivity index (χ1v) is 7.76. The maximum atomic E-state index is 12.4. The first-order chi connectivity index (χ1) is 9.97. The van der Waals surface area contributed by atoms with Crippen molar-refractivity contribution in [3.8, 4) is 5.75 Å². The highest BCUT2D eigenvalue weighted by Crippen LogP contribution is 2.27. The molecule has 0 aliphatic carbocycles. The molecule has 0 aromatic heterocycles. The van der Waals surface area contributed by atoms with Crippen LogP contribution in [-0.2, 0) is 4.79 Å². The number of carboxylic acids is 1. The number of phenolic OH excluding ortho intramolecular Hbond substituents is 1. The summed E-state index contributed by atoms with van der Waals surface area (Å²) in [6, 6.07) is 4.82. The summed E-state index contributed by atoms with van der Waals surface area (Å²) in [5, 5.41) is 18.6. The predicted octanol–water partition coefficient (Wildman–Crippen LogP) is 2.87. The van der Waals surface area contributed by atoms with Gasteiger partial charge in [0.05, 0.1) is 5.56 Å². The number of likely N-dealkylation sites (tertiary alicyclic amines) is 1. The highest BCUT2D eigenvalue weighted by atomic mass is 79.9. The molecule has 0 spiro atoms. The van der Waals surface area contributed by atoms with Gasteiger partial charge >= 0.3 is 5.97 Å². The molecule has 1 aliphatic heterocycles. The van der Waals surface area contributed by atoms with Crippen LogP contribution in [0, 0.1) is 5.92 Å². The fourth-order valence-corrected chi connectivity index (χ4v) is 3.02. The van der Waals surface area contributed by atoms with Gasteiger partial charge in [0, 0.05) is 24.0 Å². The van der Waals surface area contributed by atoms with Crippen LogP contribution >= 0.6 is 15.9 Å². The van der Waals surface area contributed by atoms with Gasteiger partial charge in [0.1, 0.15) is 5.75 Å². The van der Waals surface area contributed by atoms with E-state index in [0.717, 1.165) is 17.3 Å². The quantitative estimate of drug-likeness (QED) is 0.870. The average molecular weight is 356 g/mol. The molecule has 0 bridgehead atoms. The second-order valence-electron chi connectivity index (χ2n) is 5.35. The molecule has 1 saturated heterocycles. The maximum Gasteiger partial charge on any atom is 0.303 e. The number of piperidine rings is 1. The first-order valence-electron chi connectivity index (χ1n) is 6.97. The van der Waals surface area contributed by atoms with Gasteiger partial charge in [0.2, 0.25) is 0 Å². The van der Waals surface area contributed by atoms with E-state index in [-0.39, 0.29) is 29.6 Å². The fourth-order valence-electron chi connectivity index (χ4n) is 2.67. The molecule has 21 heavy (non-hydrogen) atoms. The van der Waals surface area contributed by atoms with E-state index in [9.17, 15) is 14.7 Å². The zero-order valence-electron chi connectivity index (χ0n) is 11.6. The number of amides is 1. The predicted molar refractivity (Wildman–Crippen MR) is 81.3 cm³/mol. The average Bonchev–Trinajstić information content (AvgIpc) is 2.45. The number of nitrogens with zero attached hydrogens (tertiary/aromatic N) is 1. The number of benzene rings is 1. The number of phenols is 1. The Morgan fingerprint density at radius 2 is 2.14 bits per heavy atom. The number of halogens is 1. The number of aromatic hydroxyl groups is 1. The van der Waals surface area contributed by atoms with Crippen molar-refractivity contribution in [3.05, 3.63) is 28.2 Å². The van der Waals surface area contributed by atoms with Crippen molar-refractivity contribution in [2.45, 2.75) is 25.7 Å².